The second-order valence-electron chi connectivity index (χ2n) is 1.91. The van der Waals surface area contributed by atoms with Crippen molar-refractivity contribution in [2.75, 3.05) is 6.54 Å². The molecule has 0 amide bonds. The molecule has 0 radical (unpaired) electrons. The first-order chi connectivity index (χ1) is 4.85. The molecule has 4 nitrogen and oxygen atoms in total. The fourth-order valence-electron chi connectivity index (χ4n) is 0.615. The summed E-state index contributed by atoms with van der Waals surface area (Å²) in [4.78, 5) is 2.64. The van der Waals surface area contributed by atoms with E-state index in [2.05, 4.69) is 19.5 Å². The van der Waals surface area contributed by atoms with Gasteiger partial charge in [-0.05, 0) is 18.4 Å². The summed E-state index contributed by atoms with van der Waals surface area (Å²) in [7, 11) is 2.21. The van der Waals surface area contributed by atoms with Crippen LogP contribution in [0.4, 0.5) is 0 Å². The van der Waals surface area contributed by atoms with Gasteiger partial charge in [-0.25, -0.2) is 0 Å². The molecule has 5 heteroatoms. The van der Waals surface area contributed by atoms with Gasteiger partial charge in [0.25, 0.3) is 0 Å². The molecule has 2 atom stereocenters. The van der Waals surface area contributed by atoms with Gasteiger partial charge in [-0.15, -0.1) is 0 Å². The van der Waals surface area contributed by atoms with Crippen molar-refractivity contribution in [2.24, 2.45) is 5.11 Å². The Kier molecular flexibility index (Phi) is 6.61. The van der Waals surface area contributed by atoms with Crippen LogP contribution in [0.2, 0.25) is 0 Å². The van der Waals surface area contributed by atoms with Gasteiger partial charge >= 0.3 is 0 Å². The Bertz CT molecular complexity index is 120. The molecular weight excluding hydrogens is 149 g/mol. The van der Waals surface area contributed by atoms with Crippen LogP contribution in [0, 0.1) is 0 Å². The summed E-state index contributed by atoms with van der Waals surface area (Å²) >= 11 is 0. The normalized spacial score (nSPS) is 12.2. The van der Waals surface area contributed by atoms with E-state index in [1.165, 1.54) is 0 Å². The Labute approximate surface area is 62.9 Å². The molecule has 58 valence electrons. The summed E-state index contributed by atoms with van der Waals surface area (Å²) in [6, 6.07) is 0. The van der Waals surface area contributed by atoms with E-state index < -0.39 is 0 Å². The van der Waals surface area contributed by atoms with Crippen LogP contribution in [-0.2, 0) is 4.52 Å². The van der Waals surface area contributed by atoms with Crippen LogP contribution >= 0.6 is 9.47 Å². The fraction of sp³-hybridized carbons (Fsp3) is 1.00. The average Bonchev–Trinajstić information content (AvgIpc) is 1.99. The minimum atomic E-state index is 0.204. The van der Waals surface area contributed by atoms with Gasteiger partial charge in [0.15, 0.2) is 0 Å². The van der Waals surface area contributed by atoms with E-state index in [1.807, 2.05) is 6.92 Å². The first-order valence-corrected chi connectivity index (χ1v) is 3.68. The van der Waals surface area contributed by atoms with Crippen molar-refractivity contribution in [3.63, 3.8) is 0 Å². The van der Waals surface area contributed by atoms with Crippen molar-refractivity contribution in [3.05, 3.63) is 10.4 Å². The topological polar surface area (TPSA) is 58.0 Å². The molecule has 10 heavy (non-hydrogen) atoms. The molecule has 0 spiro atoms. The Morgan fingerprint density at radius 2 is 2.50 bits per heavy atom. The lowest BCUT2D eigenvalue weighted by Gasteiger charge is -2.09. The predicted molar refractivity (Wildman–Crippen MR) is 43.5 cm³/mol. The van der Waals surface area contributed by atoms with Crippen LogP contribution in [0.3, 0.4) is 0 Å². The van der Waals surface area contributed by atoms with Gasteiger partial charge in [0.05, 0.1) is 6.10 Å². The average molecular weight is 161 g/mol. The zero-order valence-electron chi connectivity index (χ0n) is 6.03. The van der Waals surface area contributed by atoms with Gasteiger partial charge < -0.3 is 4.52 Å². The van der Waals surface area contributed by atoms with Gasteiger partial charge in [0.2, 0.25) is 0 Å². The number of nitrogens with zero attached hydrogens (tertiary/aromatic N) is 3. The number of azide groups is 1. The van der Waals surface area contributed by atoms with Gasteiger partial charge in [0, 0.05) is 20.9 Å². The second-order valence-corrected chi connectivity index (χ2v) is 2.18. The molecule has 0 saturated carbocycles. The second kappa shape index (κ2) is 6.81. The quantitative estimate of drug-likeness (QED) is 0.264. The van der Waals surface area contributed by atoms with E-state index in [9.17, 15) is 0 Å². The molecule has 0 saturated heterocycles. The summed E-state index contributed by atoms with van der Waals surface area (Å²) in [6.45, 7) is 2.55. The number of hydrogen-bond acceptors (Lipinski definition) is 2. The lowest BCUT2D eigenvalue weighted by Crippen LogP contribution is -2.06. The van der Waals surface area contributed by atoms with Crippen molar-refractivity contribution < 1.29 is 4.52 Å². The highest BCUT2D eigenvalue weighted by molar-refractivity contribution is 7.09. The van der Waals surface area contributed by atoms with Crippen molar-refractivity contribution in [1.29, 1.82) is 0 Å². The molecule has 0 N–H and O–H groups in total. The maximum absolute atomic E-state index is 7.94. The van der Waals surface area contributed by atoms with Crippen molar-refractivity contribution in [1.82, 2.24) is 0 Å². The van der Waals surface area contributed by atoms with E-state index in [-0.39, 0.29) is 6.10 Å². The summed E-state index contributed by atoms with van der Waals surface area (Å²) in [5, 5.41) is 3.40. The van der Waals surface area contributed by atoms with Gasteiger partial charge in [-0.1, -0.05) is 12.0 Å². The molecule has 0 fully saturated rings. The lowest BCUT2D eigenvalue weighted by molar-refractivity contribution is 0.225. The zero-order valence-corrected chi connectivity index (χ0v) is 7.18. The molecule has 0 rings (SSSR count). The Morgan fingerprint density at radius 1 is 1.80 bits per heavy atom. The van der Waals surface area contributed by atoms with E-state index in [0.717, 1.165) is 12.8 Å². The molecule has 0 aromatic rings. The largest absolute Gasteiger partial charge is 0.362 e. The minimum absolute atomic E-state index is 0.204. The van der Waals surface area contributed by atoms with Crippen LogP contribution in [0.5, 0.6) is 0 Å². The summed E-state index contributed by atoms with van der Waals surface area (Å²) in [6.07, 6.45) is 1.95. The fourth-order valence-corrected chi connectivity index (χ4v) is 0.943. The smallest absolute Gasteiger partial charge is 0.0609 e. The number of rotatable bonds is 5. The Morgan fingerprint density at radius 3 is 2.90 bits per heavy atom. The van der Waals surface area contributed by atoms with E-state index in [0.29, 0.717) is 6.54 Å². The zero-order chi connectivity index (χ0) is 7.82. The highest BCUT2D eigenvalue weighted by Gasteiger charge is 2.01. The van der Waals surface area contributed by atoms with Crippen LogP contribution in [0.1, 0.15) is 19.8 Å². The maximum Gasteiger partial charge on any atom is 0.0609 e. The highest BCUT2D eigenvalue weighted by Crippen LogP contribution is 2.06. The Hall–Kier alpha value is -0.300. The van der Waals surface area contributed by atoms with Crippen LogP contribution in [0.25, 0.3) is 10.4 Å². The SMILES string of the molecule is CC[C@@H](CCN=[N+]=[N-])OP. The maximum atomic E-state index is 7.94. The van der Waals surface area contributed by atoms with Crippen molar-refractivity contribution >= 4 is 9.47 Å². The van der Waals surface area contributed by atoms with Crippen molar-refractivity contribution in [3.8, 4) is 0 Å². The van der Waals surface area contributed by atoms with E-state index in [4.69, 9.17) is 10.1 Å². The van der Waals surface area contributed by atoms with Gasteiger partial charge in [-0.2, -0.15) is 0 Å². The molecule has 0 bridgehead atoms. The molecule has 0 heterocycles. The molecule has 0 aliphatic heterocycles. The third-order valence-corrected chi connectivity index (χ3v) is 1.65. The highest BCUT2D eigenvalue weighted by atomic mass is 31.0. The molecular formula is C5H12N3OP. The number of hydrogen-bond donors (Lipinski definition) is 0. The van der Waals surface area contributed by atoms with Crippen molar-refractivity contribution in [2.45, 2.75) is 25.9 Å². The Balaban J connectivity index is 3.34. The molecule has 0 aromatic heterocycles. The van der Waals surface area contributed by atoms with Gasteiger partial charge in [0.1, 0.15) is 0 Å². The summed E-state index contributed by atoms with van der Waals surface area (Å²) in [5.74, 6) is 0. The summed E-state index contributed by atoms with van der Waals surface area (Å²) < 4.78 is 4.98. The third-order valence-electron chi connectivity index (χ3n) is 1.26. The molecule has 0 aliphatic carbocycles. The molecule has 0 aromatic carbocycles. The minimum Gasteiger partial charge on any atom is -0.362 e. The van der Waals surface area contributed by atoms with Crippen LogP contribution < -0.4 is 0 Å². The van der Waals surface area contributed by atoms with Crippen LogP contribution in [-0.4, -0.2) is 12.6 Å². The lowest BCUT2D eigenvalue weighted by atomic mass is 10.2. The van der Waals surface area contributed by atoms with Gasteiger partial charge in [-0.3, -0.25) is 0 Å². The van der Waals surface area contributed by atoms with Crippen LogP contribution in [0.15, 0.2) is 5.11 Å². The molecule has 1 unspecified atom stereocenters. The monoisotopic (exact) mass is 161 g/mol. The van der Waals surface area contributed by atoms with E-state index >= 15 is 0 Å². The first kappa shape index (κ1) is 9.70. The van der Waals surface area contributed by atoms with E-state index in [1.54, 1.807) is 0 Å². The molecule has 0 aliphatic rings. The first-order valence-electron chi connectivity index (χ1n) is 3.21. The standard InChI is InChI=1S/C5H12N3OP/c1-2-5(9-10)3-4-7-8-6/h5H,2-4,10H2,1H3/t5-/m0/s1. The predicted octanol–water partition coefficient (Wildman–Crippen LogP) is 2.27. The third kappa shape index (κ3) is 4.57. The summed E-state index contributed by atoms with van der Waals surface area (Å²) in [5.41, 5.74) is 7.94.